The minimum absolute atomic E-state index is 0.555. The van der Waals surface area contributed by atoms with Crippen LogP contribution in [-0.2, 0) is 0 Å². The fraction of sp³-hybridized carbons (Fsp3) is 0.100. The van der Waals surface area contributed by atoms with Crippen molar-refractivity contribution in [1.82, 2.24) is 29.4 Å². The third kappa shape index (κ3) is 2.54. The molecule has 0 bridgehead atoms. The molecule has 0 atom stereocenters. The Bertz CT molecular complexity index is 1270. The van der Waals surface area contributed by atoms with Crippen molar-refractivity contribution in [2.24, 2.45) is 0 Å². The number of ether oxygens (including phenoxy) is 2. The van der Waals surface area contributed by atoms with Gasteiger partial charge >= 0.3 is 0 Å². The molecule has 8 nitrogen and oxygen atoms in total. The van der Waals surface area contributed by atoms with Crippen LogP contribution < -0.4 is 9.47 Å². The molecular weight excluding hydrogens is 356 g/mol. The van der Waals surface area contributed by atoms with Crippen LogP contribution in [0.25, 0.3) is 33.8 Å². The van der Waals surface area contributed by atoms with E-state index in [2.05, 4.69) is 15.2 Å². The van der Waals surface area contributed by atoms with E-state index in [9.17, 15) is 0 Å². The van der Waals surface area contributed by atoms with Crippen LogP contribution in [-0.4, -0.2) is 43.6 Å². The number of fused-ring (bicyclic) bond motifs is 3. The summed E-state index contributed by atoms with van der Waals surface area (Å²) in [7, 11) is 3.22. The van der Waals surface area contributed by atoms with Crippen LogP contribution in [0.15, 0.2) is 61.1 Å². The minimum atomic E-state index is 0.555. The number of hydrogen-bond acceptors (Lipinski definition) is 6. The molecule has 8 heteroatoms. The first-order valence-electron chi connectivity index (χ1n) is 8.65. The van der Waals surface area contributed by atoms with Gasteiger partial charge in [0.05, 0.1) is 31.5 Å². The van der Waals surface area contributed by atoms with Crippen molar-refractivity contribution in [3.8, 4) is 28.6 Å². The Kier molecular flexibility index (Phi) is 3.68. The first-order chi connectivity index (χ1) is 13.8. The smallest absolute Gasteiger partial charge is 0.182 e. The van der Waals surface area contributed by atoms with Crippen molar-refractivity contribution in [1.29, 1.82) is 0 Å². The Balaban J connectivity index is 1.68. The first-order valence-corrected chi connectivity index (χ1v) is 8.65. The molecule has 3 heterocycles. The van der Waals surface area contributed by atoms with Gasteiger partial charge < -0.3 is 9.47 Å². The Morgan fingerprint density at radius 3 is 2.36 bits per heavy atom. The van der Waals surface area contributed by atoms with Gasteiger partial charge in [0.1, 0.15) is 17.8 Å². The lowest BCUT2D eigenvalue weighted by molar-refractivity contribution is 0.394. The lowest BCUT2D eigenvalue weighted by Gasteiger charge is -2.05. The largest absolute Gasteiger partial charge is 0.497 e. The maximum Gasteiger partial charge on any atom is 0.182 e. The van der Waals surface area contributed by atoms with Crippen LogP contribution in [0.1, 0.15) is 0 Å². The van der Waals surface area contributed by atoms with Gasteiger partial charge in [-0.05, 0) is 24.3 Å². The van der Waals surface area contributed by atoms with Gasteiger partial charge in [-0.25, -0.2) is 19.2 Å². The average molecular weight is 372 g/mol. The van der Waals surface area contributed by atoms with Crippen molar-refractivity contribution >= 4 is 16.7 Å². The van der Waals surface area contributed by atoms with Crippen LogP contribution in [0.5, 0.6) is 11.5 Å². The molecule has 0 spiro atoms. The number of hydrogen-bond donors (Lipinski definition) is 0. The highest BCUT2D eigenvalue weighted by atomic mass is 16.5. The number of nitrogens with zero attached hydrogens (tertiary/aromatic N) is 6. The summed E-state index contributed by atoms with van der Waals surface area (Å²) < 4.78 is 14.1. The quantitative estimate of drug-likeness (QED) is 0.482. The van der Waals surface area contributed by atoms with E-state index in [0.717, 1.165) is 22.3 Å². The van der Waals surface area contributed by atoms with Crippen LogP contribution >= 0.6 is 0 Å². The molecule has 0 amide bonds. The molecule has 3 aromatic heterocycles. The van der Waals surface area contributed by atoms with E-state index in [1.807, 2.05) is 48.5 Å². The maximum atomic E-state index is 5.35. The molecule has 5 rings (SSSR count). The number of aromatic nitrogens is 6. The topological polar surface area (TPSA) is 79.4 Å². The zero-order chi connectivity index (χ0) is 19.1. The monoisotopic (exact) mass is 372 g/mol. The van der Waals surface area contributed by atoms with Gasteiger partial charge in [0.25, 0.3) is 0 Å². The molecule has 2 aromatic carbocycles. The standard InChI is InChI=1S/C20H16N6O2/c1-27-15-8-13(9-16(10-15)28-2)18-23-20-17-11-22-26(14-6-4-3-5-7-14)19(17)21-12-25(20)24-18/h3-12H,1-2H3. The summed E-state index contributed by atoms with van der Waals surface area (Å²) >= 11 is 0. The van der Waals surface area contributed by atoms with Crippen LogP contribution in [0.4, 0.5) is 0 Å². The lowest BCUT2D eigenvalue weighted by Crippen LogP contribution is -1.98. The van der Waals surface area contributed by atoms with Crippen molar-refractivity contribution in [3.63, 3.8) is 0 Å². The molecule has 0 aliphatic rings. The zero-order valence-corrected chi connectivity index (χ0v) is 15.3. The molecule has 0 N–H and O–H groups in total. The van der Waals surface area contributed by atoms with E-state index < -0.39 is 0 Å². The lowest BCUT2D eigenvalue weighted by atomic mass is 10.2. The van der Waals surface area contributed by atoms with Gasteiger partial charge in [-0.3, -0.25) is 0 Å². The predicted molar refractivity (Wildman–Crippen MR) is 104 cm³/mol. The second-order valence-corrected chi connectivity index (χ2v) is 6.18. The molecule has 0 aliphatic carbocycles. The molecule has 5 aromatic rings. The summed E-state index contributed by atoms with van der Waals surface area (Å²) in [6.45, 7) is 0. The van der Waals surface area contributed by atoms with E-state index in [-0.39, 0.29) is 0 Å². The van der Waals surface area contributed by atoms with Gasteiger partial charge in [0.15, 0.2) is 17.1 Å². The number of rotatable bonds is 4. The highest BCUT2D eigenvalue weighted by Gasteiger charge is 2.15. The van der Waals surface area contributed by atoms with Crippen LogP contribution in [0.2, 0.25) is 0 Å². The predicted octanol–water partition coefficient (Wildman–Crippen LogP) is 3.15. The Morgan fingerprint density at radius 1 is 0.893 bits per heavy atom. The second-order valence-electron chi connectivity index (χ2n) is 6.18. The van der Waals surface area contributed by atoms with E-state index in [4.69, 9.17) is 14.5 Å². The maximum absolute atomic E-state index is 5.35. The molecule has 0 radical (unpaired) electrons. The van der Waals surface area contributed by atoms with Gasteiger partial charge in [-0.15, -0.1) is 5.10 Å². The Morgan fingerprint density at radius 2 is 1.64 bits per heavy atom. The molecular formula is C20H16N6O2. The number of methoxy groups -OCH3 is 2. The molecule has 0 aliphatic heterocycles. The van der Waals surface area contributed by atoms with Gasteiger partial charge in [-0.1, -0.05) is 18.2 Å². The van der Waals surface area contributed by atoms with E-state index in [1.165, 1.54) is 0 Å². The molecule has 0 saturated heterocycles. The highest BCUT2D eigenvalue weighted by Crippen LogP contribution is 2.29. The normalized spacial score (nSPS) is 11.2. The van der Waals surface area contributed by atoms with Crippen molar-refractivity contribution in [2.45, 2.75) is 0 Å². The van der Waals surface area contributed by atoms with E-state index >= 15 is 0 Å². The fourth-order valence-corrected chi connectivity index (χ4v) is 3.14. The third-order valence-electron chi connectivity index (χ3n) is 4.52. The minimum Gasteiger partial charge on any atom is -0.497 e. The summed E-state index contributed by atoms with van der Waals surface area (Å²) in [5, 5.41) is 9.87. The van der Waals surface area contributed by atoms with Crippen molar-refractivity contribution < 1.29 is 9.47 Å². The van der Waals surface area contributed by atoms with E-state index in [1.54, 1.807) is 35.9 Å². The average Bonchev–Trinajstić information content (AvgIpc) is 3.38. The van der Waals surface area contributed by atoms with Gasteiger partial charge in [0.2, 0.25) is 0 Å². The SMILES string of the molecule is COc1cc(OC)cc(-c2nc3c4cnn(-c5ccccc5)c4ncn3n2)c1. The third-order valence-corrected chi connectivity index (χ3v) is 4.52. The molecule has 0 fully saturated rings. The van der Waals surface area contributed by atoms with E-state index in [0.29, 0.717) is 23.0 Å². The van der Waals surface area contributed by atoms with Crippen molar-refractivity contribution in [3.05, 3.63) is 61.1 Å². The van der Waals surface area contributed by atoms with Gasteiger partial charge in [-0.2, -0.15) is 5.10 Å². The highest BCUT2D eigenvalue weighted by molar-refractivity contribution is 5.90. The van der Waals surface area contributed by atoms with Crippen molar-refractivity contribution in [2.75, 3.05) is 14.2 Å². The summed E-state index contributed by atoms with van der Waals surface area (Å²) in [5.74, 6) is 1.90. The molecule has 0 unspecified atom stereocenters. The van der Waals surface area contributed by atoms with Crippen LogP contribution in [0.3, 0.4) is 0 Å². The number of benzene rings is 2. The fourth-order valence-electron chi connectivity index (χ4n) is 3.14. The van der Waals surface area contributed by atoms with Gasteiger partial charge in [0, 0.05) is 11.6 Å². The summed E-state index contributed by atoms with van der Waals surface area (Å²) in [5.41, 5.74) is 3.14. The number of para-hydroxylation sites is 1. The Hall–Kier alpha value is -3.94. The molecule has 28 heavy (non-hydrogen) atoms. The first kappa shape index (κ1) is 16.2. The van der Waals surface area contributed by atoms with Crippen LogP contribution in [0, 0.1) is 0 Å². The Labute approximate surface area is 160 Å². The second kappa shape index (κ2) is 6.34. The summed E-state index contributed by atoms with van der Waals surface area (Å²) in [6, 6.07) is 15.4. The summed E-state index contributed by atoms with van der Waals surface area (Å²) in [6.07, 6.45) is 3.40. The molecule has 0 saturated carbocycles. The molecule has 138 valence electrons. The zero-order valence-electron chi connectivity index (χ0n) is 15.3. The summed E-state index contributed by atoms with van der Waals surface area (Å²) in [4.78, 5) is 9.25.